The van der Waals surface area contributed by atoms with E-state index in [1.165, 1.54) is 4.90 Å². The minimum atomic E-state index is -0.391. The summed E-state index contributed by atoms with van der Waals surface area (Å²) in [7, 11) is 3.88. The van der Waals surface area contributed by atoms with Crippen LogP contribution in [0, 0.1) is 13.8 Å². The van der Waals surface area contributed by atoms with Gasteiger partial charge in [0.2, 0.25) is 0 Å². The zero-order chi connectivity index (χ0) is 23.0. The fourth-order valence-electron chi connectivity index (χ4n) is 3.67. The highest BCUT2D eigenvalue weighted by Gasteiger charge is 2.40. The number of nitrogens with one attached hydrogen (secondary N) is 1. The molecule has 1 aliphatic heterocycles. The number of carbonyl (C=O) groups excluding carboxylic acids is 2. The Bertz CT molecular complexity index is 1230. The first-order chi connectivity index (χ1) is 15.3. The van der Waals surface area contributed by atoms with Crippen molar-refractivity contribution in [2.24, 2.45) is 0 Å². The van der Waals surface area contributed by atoms with E-state index in [2.05, 4.69) is 5.32 Å². The third-order valence-corrected chi connectivity index (χ3v) is 5.73. The lowest BCUT2D eigenvalue weighted by Gasteiger charge is -2.18. The number of hydrogen-bond acceptors (Lipinski definition) is 4. The molecule has 3 aromatic rings. The molecule has 0 fully saturated rings. The van der Waals surface area contributed by atoms with E-state index in [0.717, 1.165) is 22.5 Å². The monoisotopic (exact) mass is 445 g/mol. The summed E-state index contributed by atoms with van der Waals surface area (Å²) < 4.78 is 0. The fraction of sp³-hybridized carbons (Fsp3) is 0.154. The van der Waals surface area contributed by atoms with Gasteiger partial charge in [-0.15, -0.1) is 0 Å². The lowest BCUT2D eigenvalue weighted by molar-refractivity contribution is -0.120. The van der Waals surface area contributed by atoms with Crippen molar-refractivity contribution in [1.29, 1.82) is 0 Å². The van der Waals surface area contributed by atoms with E-state index in [9.17, 15) is 9.59 Å². The van der Waals surface area contributed by atoms with E-state index in [0.29, 0.717) is 21.8 Å². The molecule has 32 heavy (non-hydrogen) atoms. The number of halogens is 1. The predicted molar refractivity (Wildman–Crippen MR) is 131 cm³/mol. The Balaban J connectivity index is 1.80. The van der Waals surface area contributed by atoms with E-state index >= 15 is 0 Å². The number of anilines is 3. The third-order valence-electron chi connectivity index (χ3n) is 5.50. The molecule has 162 valence electrons. The molecule has 0 saturated heterocycles. The predicted octanol–water partition coefficient (Wildman–Crippen LogP) is 5.42. The van der Waals surface area contributed by atoms with Gasteiger partial charge in [-0.05, 0) is 67.4 Å². The molecule has 1 aliphatic rings. The normalized spacial score (nSPS) is 13.7. The van der Waals surface area contributed by atoms with Crippen LogP contribution in [0.1, 0.15) is 16.7 Å². The fourth-order valence-corrected chi connectivity index (χ4v) is 3.90. The van der Waals surface area contributed by atoms with E-state index in [1.807, 2.05) is 81.4 Å². The number of nitrogens with zero attached hydrogens (tertiary/aromatic N) is 2. The van der Waals surface area contributed by atoms with Crippen LogP contribution in [0.3, 0.4) is 0 Å². The Morgan fingerprint density at radius 2 is 1.50 bits per heavy atom. The lowest BCUT2D eigenvalue weighted by atomic mass is 10.0. The maximum atomic E-state index is 13.5. The zero-order valence-corrected chi connectivity index (χ0v) is 19.2. The van der Waals surface area contributed by atoms with E-state index < -0.39 is 5.91 Å². The van der Waals surface area contributed by atoms with Crippen LogP contribution in [0.5, 0.6) is 0 Å². The van der Waals surface area contributed by atoms with Gasteiger partial charge in [0.25, 0.3) is 11.8 Å². The molecule has 3 aromatic carbocycles. The van der Waals surface area contributed by atoms with Gasteiger partial charge in [-0.25, -0.2) is 4.90 Å². The SMILES string of the molecule is Cc1ccc(C2=C(Nc3ccc(Cl)cc3C)C(=O)N(c3ccc(N(C)C)cc3)C2=O)cc1. The Morgan fingerprint density at radius 3 is 2.09 bits per heavy atom. The quantitative estimate of drug-likeness (QED) is 0.533. The largest absolute Gasteiger partial charge is 0.378 e. The maximum Gasteiger partial charge on any atom is 0.282 e. The molecular weight excluding hydrogens is 422 g/mol. The maximum absolute atomic E-state index is 13.5. The summed E-state index contributed by atoms with van der Waals surface area (Å²) in [4.78, 5) is 30.2. The van der Waals surface area contributed by atoms with Crippen LogP contribution >= 0.6 is 11.6 Å². The smallest absolute Gasteiger partial charge is 0.282 e. The lowest BCUT2D eigenvalue weighted by Crippen LogP contribution is -2.32. The van der Waals surface area contributed by atoms with Gasteiger partial charge in [0.05, 0.1) is 11.3 Å². The van der Waals surface area contributed by atoms with Crippen molar-refractivity contribution in [3.05, 3.63) is 94.1 Å². The standard InChI is InChI=1S/C26H24ClN3O2/c1-16-5-7-18(8-6-16)23-24(28-22-14-9-19(27)15-17(22)2)26(32)30(25(23)31)21-12-10-20(11-13-21)29(3)4/h5-15,28H,1-4H3. The Labute approximate surface area is 192 Å². The summed E-state index contributed by atoms with van der Waals surface area (Å²) in [6.45, 7) is 3.88. The van der Waals surface area contributed by atoms with Crippen molar-refractivity contribution >= 4 is 46.1 Å². The molecule has 2 amide bonds. The van der Waals surface area contributed by atoms with Gasteiger partial charge in [0.1, 0.15) is 5.70 Å². The molecule has 0 aromatic heterocycles. The van der Waals surface area contributed by atoms with Gasteiger partial charge < -0.3 is 10.2 Å². The minimum absolute atomic E-state index is 0.251. The number of aryl methyl sites for hydroxylation is 2. The number of amides is 2. The number of benzene rings is 3. The van der Waals surface area contributed by atoms with E-state index in [4.69, 9.17) is 11.6 Å². The second kappa shape index (κ2) is 8.52. The molecule has 0 saturated carbocycles. The van der Waals surface area contributed by atoms with Crippen LogP contribution in [0.25, 0.3) is 5.57 Å². The molecule has 0 atom stereocenters. The van der Waals surface area contributed by atoms with Gasteiger partial charge in [-0.2, -0.15) is 0 Å². The van der Waals surface area contributed by atoms with Crippen molar-refractivity contribution in [3.8, 4) is 0 Å². The number of rotatable bonds is 5. The highest BCUT2D eigenvalue weighted by atomic mass is 35.5. The summed E-state index contributed by atoms with van der Waals surface area (Å²) in [6, 6.07) is 20.3. The van der Waals surface area contributed by atoms with Crippen molar-refractivity contribution in [1.82, 2.24) is 0 Å². The average molecular weight is 446 g/mol. The first kappa shape index (κ1) is 21.7. The highest BCUT2D eigenvalue weighted by Crippen LogP contribution is 2.35. The Morgan fingerprint density at radius 1 is 0.844 bits per heavy atom. The van der Waals surface area contributed by atoms with Crippen LogP contribution < -0.4 is 15.1 Å². The van der Waals surface area contributed by atoms with Gasteiger partial charge in [-0.1, -0.05) is 41.4 Å². The van der Waals surface area contributed by atoms with Crippen LogP contribution in [0.15, 0.2) is 72.4 Å². The van der Waals surface area contributed by atoms with Crippen LogP contribution in [0.4, 0.5) is 17.1 Å². The first-order valence-electron chi connectivity index (χ1n) is 10.3. The van der Waals surface area contributed by atoms with Crippen LogP contribution in [-0.2, 0) is 9.59 Å². The molecule has 1 N–H and O–H groups in total. The molecule has 6 heteroatoms. The molecule has 0 unspecified atom stereocenters. The molecule has 0 bridgehead atoms. The zero-order valence-electron chi connectivity index (χ0n) is 18.4. The molecule has 0 radical (unpaired) electrons. The Hall–Kier alpha value is -3.57. The molecule has 1 heterocycles. The van der Waals surface area contributed by atoms with Gasteiger partial charge >= 0.3 is 0 Å². The summed E-state index contributed by atoms with van der Waals surface area (Å²) in [6.07, 6.45) is 0. The summed E-state index contributed by atoms with van der Waals surface area (Å²) in [5.74, 6) is -0.747. The number of imide groups is 1. The van der Waals surface area contributed by atoms with Gasteiger partial charge in [0.15, 0.2) is 0 Å². The second-order valence-electron chi connectivity index (χ2n) is 8.06. The van der Waals surface area contributed by atoms with E-state index in [1.54, 1.807) is 18.2 Å². The van der Waals surface area contributed by atoms with Crippen molar-refractivity contribution < 1.29 is 9.59 Å². The highest BCUT2D eigenvalue weighted by molar-refractivity contribution is 6.46. The molecule has 0 spiro atoms. The summed E-state index contributed by atoms with van der Waals surface area (Å²) in [5.41, 5.74) is 5.47. The topological polar surface area (TPSA) is 52.7 Å². The van der Waals surface area contributed by atoms with Crippen LogP contribution in [-0.4, -0.2) is 25.9 Å². The van der Waals surface area contributed by atoms with Crippen molar-refractivity contribution in [2.75, 3.05) is 29.2 Å². The molecule has 5 nitrogen and oxygen atoms in total. The van der Waals surface area contributed by atoms with Crippen molar-refractivity contribution in [2.45, 2.75) is 13.8 Å². The number of carbonyl (C=O) groups is 2. The van der Waals surface area contributed by atoms with E-state index in [-0.39, 0.29) is 11.6 Å². The van der Waals surface area contributed by atoms with Gasteiger partial charge in [0, 0.05) is 30.5 Å². The first-order valence-corrected chi connectivity index (χ1v) is 10.6. The molecular formula is C26H24ClN3O2. The number of hydrogen-bond donors (Lipinski definition) is 1. The second-order valence-corrected chi connectivity index (χ2v) is 8.49. The third kappa shape index (κ3) is 3.99. The molecule has 0 aliphatic carbocycles. The average Bonchev–Trinajstić information content (AvgIpc) is 3.00. The van der Waals surface area contributed by atoms with Crippen molar-refractivity contribution in [3.63, 3.8) is 0 Å². The summed E-state index contributed by atoms with van der Waals surface area (Å²) in [5, 5.41) is 3.82. The minimum Gasteiger partial charge on any atom is -0.378 e. The van der Waals surface area contributed by atoms with Crippen LogP contribution in [0.2, 0.25) is 5.02 Å². The molecule has 4 rings (SSSR count). The van der Waals surface area contributed by atoms with Gasteiger partial charge in [-0.3, -0.25) is 9.59 Å². The summed E-state index contributed by atoms with van der Waals surface area (Å²) >= 11 is 6.09. The Kier molecular flexibility index (Phi) is 5.76.